The highest BCUT2D eigenvalue weighted by molar-refractivity contribution is 5.69. The number of amides is 1. The molecular formula is C19H27NO4. The predicted molar refractivity (Wildman–Crippen MR) is 90.7 cm³/mol. The summed E-state index contributed by atoms with van der Waals surface area (Å²) in [7, 11) is 0. The van der Waals surface area contributed by atoms with Crippen molar-refractivity contribution >= 4 is 6.09 Å². The molecule has 1 amide bonds. The Morgan fingerprint density at radius 1 is 1.29 bits per heavy atom. The van der Waals surface area contributed by atoms with Crippen LogP contribution >= 0.6 is 0 Å². The van der Waals surface area contributed by atoms with E-state index in [-0.39, 0.29) is 24.3 Å². The van der Waals surface area contributed by atoms with Gasteiger partial charge in [-0.25, -0.2) is 4.79 Å². The van der Waals surface area contributed by atoms with Crippen molar-refractivity contribution in [1.82, 2.24) is 4.90 Å². The van der Waals surface area contributed by atoms with E-state index in [0.29, 0.717) is 13.2 Å². The lowest BCUT2D eigenvalue weighted by atomic mass is 10.1. The van der Waals surface area contributed by atoms with Crippen molar-refractivity contribution in [2.24, 2.45) is 0 Å². The van der Waals surface area contributed by atoms with Gasteiger partial charge in [0.15, 0.2) is 0 Å². The summed E-state index contributed by atoms with van der Waals surface area (Å²) in [6, 6.07) is 10.2. The SMILES string of the molecule is CC(C)(C)OC(=O)N1CC[C@H](OCc2ccccc2)[C@H]1CC1CO1. The Balaban J connectivity index is 1.62. The standard InChI is InChI=1S/C19H27NO4/c1-19(2,3)24-18(21)20-10-9-17(16(20)11-15-13-22-15)23-12-14-7-5-4-6-8-14/h4-8,15-17H,9-13H2,1-3H3/t15?,16-,17+/m1/s1. The lowest BCUT2D eigenvalue weighted by molar-refractivity contribution is -0.00741. The van der Waals surface area contributed by atoms with Crippen LogP contribution < -0.4 is 0 Å². The van der Waals surface area contributed by atoms with E-state index in [1.807, 2.05) is 43.9 Å². The zero-order chi connectivity index (χ0) is 17.2. The van der Waals surface area contributed by atoms with Crippen molar-refractivity contribution < 1.29 is 19.0 Å². The minimum atomic E-state index is -0.485. The van der Waals surface area contributed by atoms with Gasteiger partial charge in [-0.15, -0.1) is 0 Å². The number of likely N-dealkylation sites (tertiary alicyclic amines) is 1. The first-order chi connectivity index (χ1) is 11.4. The summed E-state index contributed by atoms with van der Waals surface area (Å²) < 4.78 is 17.1. The van der Waals surface area contributed by atoms with Crippen molar-refractivity contribution in [2.45, 2.75) is 64.1 Å². The number of hydrogen-bond donors (Lipinski definition) is 0. The molecule has 5 heteroatoms. The summed E-state index contributed by atoms with van der Waals surface area (Å²) in [6.07, 6.45) is 1.68. The molecule has 2 fully saturated rings. The molecule has 24 heavy (non-hydrogen) atoms. The van der Waals surface area contributed by atoms with Crippen LogP contribution in [0, 0.1) is 0 Å². The van der Waals surface area contributed by atoms with Crippen LogP contribution in [-0.2, 0) is 20.8 Å². The molecular weight excluding hydrogens is 306 g/mol. The third-order valence-corrected chi connectivity index (χ3v) is 4.33. The van der Waals surface area contributed by atoms with Crippen LogP contribution in [0.15, 0.2) is 30.3 Å². The molecule has 3 atom stereocenters. The second kappa shape index (κ2) is 7.11. The van der Waals surface area contributed by atoms with E-state index >= 15 is 0 Å². The van der Waals surface area contributed by atoms with Crippen LogP contribution in [0.2, 0.25) is 0 Å². The Bertz CT molecular complexity index is 550. The molecule has 2 aliphatic rings. The van der Waals surface area contributed by atoms with E-state index in [2.05, 4.69) is 12.1 Å². The third-order valence-electron chi connectivity index (χ3n) is 4.33. The van der Waals surface area contributed by atoms with Crippen LogP contribution in [0.3, 0.4) is 0 Å². The predicted octanol–water partition coefficient (Wildman–Crippen LogP) is 3.37. The maximum absolute atomic E-state index is 12.5. The average Bonchev–Trinajstić information content (AvgIpc) is 3.24. The summed E-state index contributed by atoms with van der Waals surface area (Å²) in [5.41, 5.74) is 0.662. The van der Waals surface area contributed by atoms with Gasteiger partial charge < -0.3 is 19.1 Å². The Kier molecular flexibility index (Phi) is 5.11. The first kappa shape index (κ1) is 17.2. The fourth-order valence-electron chi connectivity index (χ4n) is 3.10. The van der Waals surface area contributed by atoms with Gasteiger partial charge in [0.25, 0.3) is 0 Å². The first-order valence-corrected chi connectivity index (χ1v) is 8.69. The van der Waals surface area contributed by atoms with E-state index in [4.69, 9.17) is 14.2 Å². The van der Waals surface area contributed by atoms with Crippen molar-refractivity contribution in [1.29, 1.82) is 0 Å². The summed E-state index contributed by atoms with van der Waals surface area (Å²) in [5, 5.41) is 0. The molecule has 132 valence electrons. The van der Waals surface area contributed by atoms with Gasteiger partial charge in [0, 0.05) is 6.54 Å². The van der Waals surface area contributed by atoms with E-state index in [1.54, 1.807) is 0 Å². The Labute approximate surface area is 143 Å². The molecule has 1 unspecified atom stereocenters. The van der Waals surface area contributed by atoms with Crippen molar-refractivity contribution in [3.05, 3.63) is 35.9 Å². The largest absolute Gasteiger partial charge is 0.444 e. The zero-order valence-corrected chi connectivity index (χ0v) is 14.7. The van der Waals surface area contributed by atoms with Gasteiger partial charge in [-0.1, -0.05) is 30.3 Å². The molecule has 0 bridgehead atoms. The zero-order valence-electron chi connectivity index (χ0n) is 14.7. The fraction of sp³-hybridized carbons (Fsp3) is 0.632. The van der Waals surface area contributed by atoms with Crippen molar-refractivity contribution in [3.8, 4) is 0 Å². The summed E-state index contributed by atoms with van der Waals surface area (Å²) >= 11 is 0. The minimum Gasteiger partial charge on any atom is -0.444 e. The highest BCUT2D eigenvalue weighted by atomic mass is 16.6. The smallest absolute Gasteiger partial charge is 0.410 e. The first-order valence-electron chi connectivity index (χ1n) is 8.69. The molecule has 2 saturated heterocycles. The second-order valence-electron chi connectivity index (χ2n) is 7.56. The number of benzene rings is 1. The van der Waals surface area contributed by atoms with Crippen LogP contribution in [-0.4, -0.2) is 48.0 Å². The molecule has 0 radical (unpaired) electrons. The lowest BCUT2D eigenvalue weighted by Crippen LogP contribution is -2.43. The molecule has 0 aliphatic carbocycles. The molecule has 2 aliphatic heterocycles. The molecule has 0 N–H and O–H groups in total. The van der Waals surface area contributed by atoms with Crippen LogP contribution in [0.4, 0.5) is 4.79 Å². The van der Waals surface area contributed by atoms with E-state index in [9.17, 15) is 4.79 Å². The van der Waals surface area contributed by atoms with Gasteiger partial charge in [0.1, 0.15) is 5.60 Å². The van der Waals surface area contributed by atoms with E-state index in [0.717, 1.165) is 25.0 Å². The number of ether oxygens (including phenoxy) is 3. The number of nitrogens with zero attached hydrogens (tertiary/aromatic N) is 1. The van der Waals surface area contributed by atoms with Crippen LogP contribution in [0.25, 0.3) is 0 Å². The number of epoxide rings is 1. The van der Waals surface area contributed by atoms with Gasteiger partial charge >= 0.3 is 6.09 Å². The number of rotatable bonds is 5. The number of carbonyl (C=O) groups excluding carboxylic acids is 1. The Hall–Kier alpha value is -1.59. The van der Waals surface area contributed by atoms with Gasteiger partial charge in [0.2, 0.25) is 0 Å². The summed E-state index contributed by atoms with van der Waals surface area (Å²) in [6.45, 7) is 7.70. The monoisotopic (exact) mass is 333 g/mol. The second-order valence-corrected chi connectivity index (χ2v) is 7.56. The molecule has 0 spiro atoms. The summed E-state index contributed by atoms with van der Waals surface area (Å²) in [4.78, 5) is 14.3. The number of carbonyl (C=O) groups is 1. The molecule has 1 aromatic carbocycles. The fourth-order valence-corrected chi connectivity index (χ4v) is 3.10. The maximum Gasteiger partial charge on any atom is 0.410 e. The Morgan fingerprint density at radius 3 is 2.62 bits per heavy atom. The van der Waals surface area contributed by atoms with E-state index < -0.39 is 5.60 Å². The molecule has 5 nitrogen and oxygen atoms in total. The number of hydrogen-bond acceptors (Lipinski definition) is 4. The van der Waals surface area contributed by atoms with Gasteiger partial charge in [-0.3, -0.25) is 0 Å². The minimum absolute atomic E-state index is 0.0241. The van der Waals surface area contributed by atoms with Gasteiger partial charge in [-0.05, 0) is 39.2 Å². The average molecular weight is 333 g/mol. The van der Waals surface area contributed by atoms with Crippen LogP contribution in [0.1, 0.15) is 39.2 Å². The maximum atomic E-state index is 12.5. The molecule has 0 aromatic heterocycles. The molecule has 0 saturated carbocycles. The van der Waals surface area contributed by atoms with E-state index in [1.165, 1.54) is 0 Å². The molecule has 1 aromatic rings. The highest BCUT2D eigenvalue weighted by Gasteiger charge is 2.43. The lowest BCUT2D eigenvalue weighted by Gasteiger charge is -2.30. The van der Waals surface area contributed by atoms with Crippen molar-refractivity contribution in [3.63, 3.8) is 0 Å². The van der Waals surface area contributed by atoms with Gasteiger partial charge in [0.05, 0.1) is 31.5 Å². The quantitative estimate of drug-likeness (QED) is 0.775. The molecule has 3 rings (SSSR count). The third kappa shape index (κ3) is 4.71. The topological polar surface area (TPSA) is 51.3 Å². The molecule has 2 heterocycles. The Morgan fingerprint density at radius 2 is 2.00 bits per heavy atom. The van der Waals surface area contributed by atoms with Crippen LogP contribution in [0.5, 0.6) is 0 Å². The van der Waals surface area contributed by atoms with Gasteiger partial charge in [-0.2, -0.15) is 0 Å². The normalized spacial score (nSPS) is 26.5. The summed E-state index contributed by atoms with van der Waals surface area (Å²) in [5.74, 6) is 0. The van der Waals surface area contributed by atoms with Crippen molar-refractivity contribution in [2.75, 3.05) is 13.2 Å². The highest BCUT2D eigenvalue weighted by Crippen LogP contribution is 2.30.